The van der Waals surface area contributed by atoms with Crippen molar-refractivity contribution in [3.05, 3.63) is 29.8 Å². The monoisotopic (exact) mass is 312 g/mol. The predicted octanol–water partition coefficient (Wildman–Crippen LogP) is 2.70. The van der Waals surface area contributed by atoms with E-state index < -0.39 is 10.0 Å². The maximum atomic E-state index is 12.1. The van der Waals surface area contributed by atoms with Crippen molar-refractivity contribution in [2.45, 2.75) is 50.8 Å². The summed E-state index contributed by atoms with van der Waals surface area (Å²) in [5.74, 6) is 0. The summed E-state index contributed by atoms with van der Waals surface area (Å²) < 4.78 is 26.9. The molecule has 0 radical (unpaired) electrons. The highest BCUT2D eigenvalue weighted by molar-refractivity contribution is 7.89. The molecule has 0 aromatic heterocycles. The van der Waals surface area contributed by atoms with Crippen LogP contribution in [-0.4, -0.2) is 28.1 Å². The van der Waals surface area contributed by atoms with Crippen molar-refractivity contribution in [3.8, 4) is 0 Å². The first-order valence-corrected chi connectivity index (χ1v) is 9.37. The number of unbranched alkanes of at least 4 members (excludes halogenated alkanes) is 3. The van der Waals surface area contributed by atoms with Crippen LogP contribution in [0.1, 0.15) is 45.1 Å². The van der Waals surface area contributed by atoms with Crippen LogP contribution in [0.3, 0.4) is 0 Å². The van der Waals surface area contributed by atoms with E-state index in [2.05, 4.69) is 23.9 Å². The molecule has 21 heavy (non-hydrogen) atoms. The van der Waals surface area contributed by atoms with E-state index in [0.717, 1.165) is 50.8 Å². The summed E-state index contributed by atoms with van der Waals surface area (Å²) in [5, 5.41) is 3.26. The van der Waals surface area contributed by atoms with E-state index in [1.165, 1.54) is 0 Å². The van der Waals surface area contributed by atoms with Crippen molar-refractivity contribution in [3.63, 3.8) is 0 Å². The zero-order valence-electron chi connectivity index (χ0n) is 13.2. The van der Waals surface area contributed by atoms with Crippen LogP contribution in [0, 0.1) is 0 Å². The van der Waals surface area contributed by atoms with Gasteiger partial charge in [-0.25, -0.2) is 13.1 Å². The van der Waals surface area contributed by atoms with Crippen molar-refractivity contribution in [2.75, 3.05) is 19.6 Å². The summed E-state index contributed by atoms with van der Waals surface area (Å²) >= 11 is 0. The lowest BCUT2D eigenvalue weighted by atomic mass is 10.1. The molecule has 0 spiro atoms. The van der Waals surface area contributed by atoms with E-state index in [-0.39, 0.29) is 0 Å². The predicted molar refractivity (Wildman–Crippen MR) is 88.0 cm³/mol. The molecule has 2 N–H and O–H groups in total. The molecule has 0 aliphatic carbocycles. The fourth-order valence-electron chi connectivity index (χ4n) is 2.09. The van der Waals surface area contributed by atoms with Crippen LogP contribution in [0.2, 0.25) is 0 Å². The Balaban J connectivity index is 2.47. The number of likely N-dealkylation sites (N-methyl/N-ethyl adjacent to an activating group) is 1. The normalized spacial score (nSPS) is 11.7. The van der Waals surface area contributed by atoms with E-state index >= 15 is 0 Å². The topological polar surface area (TPSA) is 58.2 Å². The Kier molecular flexibility index (Phi) is 8.57. The fourth-order valence-corrected chi connectivity index (χ4v) is 3.16. The Labute approximate surface area is 129 Å². The molecule has 0 fully saturated rings. The zero-order valence-corrected chi connectivity index (χ0v) is 14.0. The molecule has 0 bridgehead atoms. The van der Waals surface area contributed by atoms with E-state index in [0.29, 0.717) is 11.4 Å². The smallest absolute Gasteiger partial charge is 0.240 e. The molecule has 0 amide bonds. The van der Waals surface area contributed by atoms with E-state index in [4.69, 9.17) is 0 Å². The first kappa shape index (κ1) is 18.1. The fraction of sp³-hybridized carbons (Fsp3) is 0.625. The van der Waals surface area contributed by atoms with Crippen molar-refractivity contribution in [1.82, 2.24) is 10.0 Å². The molecular weight excluding hydrogens is 284 g/mol. The Hall–Kier alpha value is -0.910. The maximum absolute atomic E-state index is 12.1. The minimum Gasteiger partial charge on any atom is -0.317 e. The minimum absolute atomic E-state index is 0.352. The Morgan fingerprint density at radius 1 is 0.952 bits per heavy atom. The third kappa shape index (κ3) is 7.07. The number of nitrogens with one attached hydrogen (secondary N) is 2. The molecule has 0 atom stereocenters. The van der Waals surface area contributed by atoms with Crippen molar-refractivity contribution in [1.29, 1.82) is 0 Å². The molecule has 0 saturated carbocycles. The maximum Gasteiger partial charge on any atom is 0.240 e. The van der Waals surface area contributed by atoms with Crippen LogP contribution in [0.25, 0.3) is 0 Å². The Morgan fingerprint density at radius 2 is 1.67 bits per heavy atom. The van der Waals surface area contributed by atoms with Crippen molar-refractivity contribution >= 4 is 10.0 Å². The summed E-state index contributed by atoms with van der Waals surface area (Å²) in [4.78, 5) is 0.352. The van der Waals surface area contributed by atoms with Gasteiger partial charge in [-0.15, -0.1) is 0 Å². The molecule has 120 valence electrons. The van der Waals surface area contributed by atoms with Gasteiger partial charge in [-0.2, -0.15) is 0 Å². The average molecular weight is 312 g/mol. The lowest BCUT2D eigenvalue weighted by Gasteiger charge is -2.08. The second kappa shape index (κ2) is 9.92. The van der Waals surface area contributed by atoms with Gasteiger partial charge in [-0.3, -0.25) is 0 Å². The van der Waals surface area contributed by atoms with Gasteiger partial charge >= 0.3 is 0 Å². The van der Waals surface area contributed by atoms with Crippen LogP contribution < -0.4 is 10.0 Å². The lowest BCUT2D eigenvalue weighted by Crippen LogP contribution is -2.24. The van der Waals surface area contributed by atoms with Crippen LogP contribution >= 0.6 is 0 Å². The third-order valence-corrected chi connectivity index (χ3v) is 4.87. The summed E-state index contributed by atoms with van der Waals surface area (Å²) in [7, 11) is -3.36. The Morgan fingerprint density at radius 3 is 2.29 bits per heavy atom. The van der Waals surface area contributed by atoms with Gasteiger partial charge in [-0.05, 0) is 43.6 Å². The number of hydrogen-bond acceptors (Lipinski definition) is 3. The molecular formula is C16H28N2O2S. The largest absolute Gasteiger partial charge is 0.317 e. The number of benzene rings is 1. The first-order valence-electron chi connectivity index (χ1n) is 7.89. The molecule has 0 aliphatic rings. The molecule has 0 aliphatic heterocycles. The van der Waals surface area contributed by atoms with Gasteiger partial charge in [0, 0.05) is 6.54 Å². The van der Waals surface area contributed by atoms with E-state index in [1.54, 1.807) is 12.1 Å². The lowest BCUT2D eigenvalue weighted by molar-refractivity contribution is 0.573. The Bertz CT molecular complexity index is 484. The number of hydrogen-bond donors (Lipinski definition) is 2. The van der Waals surface area contributed by atoms with Gasteiger partial charge in [-0.1, -0.05) is 45.2 Å². The van der Waals surface area contributed by atoms with E-state index in [1.807, 2.05) is 12.1 Å². The van der Waals surface area contributed by atoms with Gasteiger partial charge in [0.2, 0.25) is 10.0 Å². The number of rotatable bonds is 11. The molecule has 4 nitrogen and oxygen atoms in total. The average Bonchev–Trinajstić information content (AvgIpc) is 2.48. The standard InChI is InChI=1S/C16H28N2O2S/c1-3-5-6-7-13-18-21(19,20)16-10-8-15(9-11-16)12-14-17-4-2/h8-11,17-18H,3-7,12-14H2,1-2H3. The second-order valence-electron chi connectivity index (χ2n) is 5.21. The van der Waals surface area contributed by atoms with Crippen molar-refractivity contribution < 1.29 is 8.42 Å². The quantitative estimate of drug-likeness (QED) is 0.618. The zero-order chi connectivity index (χ0) is 15.6. The molecule has 0 heterocycles. The van der Waals surface area contributed by atoms with Crippen LogP contribution in [0.4, 0.5) is 0 Å². The van der Waals surface area contributed by atoms with Crippen molar-refractivity contribution in [2.24, 2.45) is 0 Å². The molecule has 5 heteroatoms. The van der Waals surface area contributed by atoms with Crippen LogP contribution in [0.5, 0.6) is 0 Å². The minimum atomic E-state index is -3.36. The molecule has 0 unspecified atom stereocenters. The highest BCUT2D eigenvalue weighted by Crippen LogP contribution is 2.11. The summed E-state index contributed by atoms with van der Waals surface area (Å²) in [6.45, 7) is 6.60. The van der Waals surface area contributed by atoms with Crippen LogP contribution in [-0.2, 0) is 16.4 Å². The number of sulfonamides is 1. The highest BCUT2D eigenvalue weighted by atomic mass is 32.2. The van der Waals surface area contributed by atoms with Gasteiger partial charge < -0.3 is 5.32 Å². The summed E-state index contributed by atoms with van der Waals surface area (Å²) in [6.07, 6.45) is 5.19. The van der Waals surface area contributed by atoms with Gasteiger partial charge in [0.1, 0.15) is 0 Å². The SMILES string of the molecule is CCCCCCNS(=O)(=O)c1ccc(CCNCC)cc1. The van der Waals surface area contributed by atoms with Gasteiger partial charge in [0.15, 0.2) is 0 Å². The second-order valence-corrected chi connectivity index (χ2v) is 6.97. The third-order valence-electron chi connectivity index (χ3n) is 3.40. The van der Waals surface area contributed by atoms with Gasteiger partial charge in [0.25, 0.3) is 0 Å². The van der Waals surface area contributed by atoms with Gasteiger partial charge in [0.05, 0.1) is 4.90 Å². The van der Waals surface area contributed by atoms with E-state index in [9.17, 15) is 8.42 Å². The first-order chi connectivity index (χ1) is 10.1. The summed E-state index contributed by atoms with van der Waals surface area (Å²) in [6, 6.07) is 7.16. The van der Waals surface area contributed by atoms with Crippen LogP contribution in [0.15, 0.2) is 29.2 Å². The molecule has 1 aromatic carbocycles. The molecule has 1 rings (SSSR count). The molecule has 0 saturated heterocycles. The molecule has 1 aromatic rings. The summed E-state index contributed by atoms with van der Waals surface area (Å²) in [5.41, 5.74) is 1.15. The highest BCUT2D eigenvalue weighted by Gasteiger charge is 2.12.